The molecule has 0 radical (unpaired) electrons. The second-order valence-electron chi connectivity index (χ2n) is 5.15. The number of anilines is 1. The first kappa shape index (κ1) is 11.9. The molecular formula is C14H21N3O. The third kappa shape index (κ3) is 2.35. The van der Waals surface area contributed by atoms with Gasteiger partial charge in [0.1, 0.15) is 0 Å². The molecule has 3 heterocycles. The zero-order valence-electron chi connectivity index (χ0n) is 10.9. The fourth-order valence-corrected chi connectivity index (χ4v) is 2.92. The van der Waals surface area contributed by atoms with Crippen molar-refractivity contribution in [2.45, 2.75) is 38.5 Å². The van der Waals surface area contributed by atoms with Gasteiger partial charge in [0.25, 0.3) is 0 Å². The SMILES string of the molecule is CCNCc1ccncc1N1CC2CCC(C1)O2. The Hall–Kier alpha value is -1.13. The normalized spacial score (nSPS) is 26.6. The number of nitrogens with one attached hydrogen (secondary N) is 1. The lowest BCUT2D eigenvalue weighted by Crippen LogP contribution is -2.43. The van der Waals surface area contributed by atoms with Gasteiger partial charge in [-0.25, -0.2) is 0 Å². The Kier molecular flexibility index (Phi) is 3.48. The molecule has 98 valence electrons. The van der Waals surface area contributed by atoms with Crippen molar-refractivity contribution >= 4 is 5.69 Å². The summed E-state index contributed by atoms with van der Waals surface area (Å²) >= 11 is 0. The smallest absolute Gasteiger partial charge is 0.0755 e. The van der Waals surface area contributed by atoms with Crippen LogP contribution in [0.2, 0.25) is 0 Å². The molecule has 2 atom stereocenters. The molecule has 2 saturated heterocycles. The summed E-state index contributed by atoms with van der Waals surface area (Å²) in [5.41, 5.74) is 2.62. The molecular weight excluding hydrogens is 226 g/mol. The second kappa shape index (κ2) is 5.24. The van der Waals surface area contributed by atoms with Gasteiger partial charge in [-0.1, -0.05) is 6.92 Å². The summed E-state index contributed by atoms with van der Waals surface area (Å²) in [5.74, 6) is 0. The summed E-state index contributed by atoms with van der Waals surface area (Å²) in [6.07, 6.45) is 7.16. The van der Waals surface area contributed by atoms with Gasteiger partial charge in [0.05, 0.1) is 24.1 Å². The zero-order chi connectivity index (χ0) is 12.4. The highest BCUT2D eigenvalue weighted by Gasteiger charge is 2.34. The summed E-state index contributed by atoms with van der Waals surface area (Å²) in [4.78, 5) is 6.74. The van der Waals surface area contributed by atoms with Crippen LogP contribution in [0, 0.1) is 0 Å². The first-order valence-corrected chi connectivity index (χ1v) is 6.91. The van der Waals surface area contributed by atoms with Crippen molar-refractivity contribution in [3.8, 4) is 0 Å². The van der Waals surface area contributed by atoms with Crippen molar-refractivity contribution in [2.24, 2.45) is 0 Å². The highest BCUT2D eigenvalue weighted by molar-refractivity contribution is 5.52. The van der Waals surface area contributed by atoms with Gasteiger partial charge in [0, 0.05) is 25.8 Å². The van der Waals surface area contributed by atoms with Crippen molar-refractivity contribution < 1.29 is 4.74 Å². The summed E-state index contributed by atoms with van der Waals surface area (Å²) in [6.45, 7) is 6.08. The van der Waals surface area contributed by atoms with Crippen molar-refractivity contribution in [1.29, 1.82) is 0 Å². The van der Waals surface area contributed by atoms with E-state index in [4.69, 9.17) is 4.74 Å². The van der Waals surface area contributed by atoms with E-state index in [0.717, 1.165) is 26.2 Å². The Morgan fingerprint density at radius 3 is 2.89 bits per heavy atom. The van der Waals surface area contributed by atoms with Gasteiger partial charge in [-0.05, 0) is 31.0 Å². The summed E-state index contributed by atoms with van der Waals surface area (Å²) in [5, 5.41) is 3.40. The van der Waals surface area contributed by atoms with Gasteiger partial charge >= 0.3 is 0 Å². The minimum absolute atomic E-state index is 0.427. The maximum absolute atomic E-state index is 5.89. The third-order valence-corrected chi connectivity index (χ3v) is 3.84. The molecule has 1 aromatic heterocycles. The number of pyridine rings is 1. The van der Waals surface area contributed by atoms with Gasteiger partial charge in [-0.2, -0.15) is 0 Å². The predicted molar refractivity (Wildman–Crippen MR) is 71.7 cm³/mol. The Labute approximate surface area is 108 Å². The fourth-order valence-electron chi connectivity index (χ4n) is 2.92. The van der Waals surface area contributed by atoms with Gasteiger partial charge in [0.2, 0.25) is 0 Å². The molecule has 3 rings (SSSR count). The Balaban J connectivity index is 1.78. The Bertz CT molecular complexity index is 398. The zero-order valence-corrected chi connectivity index (χ0v) is 10.9. The molecule has 2 fully saturated rings. The predicted octanol–water partition coefficient (Wildman–Crippen LogP) is 1.56. The van der Waals surface area contributed by atoms with Crippen LogP contribution in [-0.2, 0) is 11.3 Å². The van der Waals surface area contributed by atoms with Crippen LogP contribution in [-0.4, -0.2) is 36.8 Å². The van der Waals surface area contributed by atoms with E-state index in [2.05, 4.69) is 28.2 Å². The molecule has 18 heavy (non-hydrogen) atoms. The van der Waals surface area contributed by atoms with Crippen LogP contribution in [0.25, 0.3) is 0 Å². The van der Waals surface area contributed by atoms with Gasteiger partial charge in [-0.3, -0.25) is 4.98 Å². The monoisotopic (exact) mass is 247 g/mol. The lowest BCUT2D eigenvalue weighted by atomic mass is 10.1. The molecule has 2 bridgehead atoms. The topological polar surface area (TPSA) is 37.4 Å². The lowest BCUT2D eigenvalue weighted by Gasteiger charge is -2.34. The number of fused-ring (bicyclic) bond motifs is 2. The maximum atomic E-state index is 5.89. The van der Waals surface area contributed by atoms with E-state index in [0.29, 0.717) is 12.2 Å². The molecule has 4 heteroatoms. The lowest BCUT2D eigenvalue weighted by molar-refractivity contribution is 0.0304. The van der Waals surface area contributed by atoms with Gasteiger partial charge in [-0.15, -0.1) is 0 Å². The van der Waals surface area contributed by atoms with E-state index in [-0.39, 0.29) is 0 Å². The molecule has 2 unspecified atom stereocenters. The van der Waals surface area contributed by atoms with Crippen LogP contribution in [0.4, 0.5) is 5.69 Å². The van der Waals surface area contributed by atoms with Crippen LogP contribution in [0.15, 0.2) is 18.5 Å². The minimum atomic E-state index is 0.427. The van der Waals surface area contributed by atoms with E-state index >= 15 is 0 Å². The summed E-state index contributed by atoms with van der Waals surface area (Å²) in [6, 6.07) is 2.12. The quantitative estimate of drug-likeness (QED) is 0.876. The van der Waals surface area contributed by atoms with Crippen LogP contribution in [0.5, 0.6) is 0 Å². The van der Waals surface area contributed by atoms with E-state index in [1.54, 1.807) is 0 Å². The maximum Gasteiger partial charge on any atom is 0.0755 e. The van der Waals surface area contributed by atoms with Crippen molar-refractivity contribution in [3.05, 3.63) is 24.0 Å². The number of aromatic nitrogens is 1. The number of hydrogen-bond acceptors (Lipinski definition) is 4. The second-order valence-corrected chi connectivity index (χ2v) is 5.15. The van der Waals surface area contributed by atoms with Crippen molar-refractivity contribution in [3.63, 3.8) is 0 Å². The first-order chi connectivity index (χ1) is 8.86. The Morgan fingerprint density at radius 1 is 1.39 bits per heavy atom. The third-order valence-electron chi connectivity index (χ3n) is 3.84. The number of rotatable bonds is 4. The molecule has 4 nitrogen and oxygen atoms in total. The highest BCUT2D eigenvalue weighted by atomic mass is 16.5. The molecule has 1 N–H and O–H groups in total. The van der Waals surface area contributed by atoms with Gasteiger partial charge in [0.15, 0.2) is 0 Å². The first-order valence-electron chi connectivity index (χ1n) is 6.91. The number of ether oxygens (including phenoxy) is 1. The summed E-state index contributed by atoms with van der Waals surface area (Å²) < 4.78 is 5.89. The van der Waals surface area contributed by atoms with Crippen molar-refractivity contribution in [2.75, 3.05) is 24.5 Å². The molecule has 0 amide bonds. The van der Waals surface area contributed by atoms with Crippen LogP contribution < -0.4 is 10.2 Å². The molecule has 0 spiro atoms. The number of hydrogen-bond donors (Lipinski definition) is 1. The van der Waals surface area contributed by atoms with E-state index in [1.165, 1.54) is 24.1 Å². The van der Waals surface area contributed by atoms with E-state index < -0.39 is 0 Å². The largest absolute Gasteiger partial charge is 0.371 e. The van der Waals surface area contributed by atoms with Crippen LogP contribution in [0.3, 0.4) is 0 Å². The molecule has 0 aliphatic carbocycles. The highest BCUT2D eigenvalue weighted by Crippen LogP contribution is 2.30. The average Bonchev–Trinajstić information content (AvgIpc) is 2.75. The van der Waals surface area contributed by atoms with Crippen molar-refractivity contribution in [1.82, 2.24) is 10.3 Å². The summed E-state index contributed by atoms with van der Waals surface area (Å²) in [7, 11) is 0. The average molecular weight is 247 g/mol. The Morgan fingerprint density at radius 2 is 2.17 bits per heavy atom. The molecule has 0 saturated carbocycles. The van der Waals surface area contributed by atoms with Crippen LogP contribution in [0.1, 0.15) is 25.3 Å². The molecule has 0 aromatic carbocycles. The minimum Gasteiger partial charge on any atom is -0.371 e. The van der Waals surface area contributed by atoms with Gasteiger partial charge < -0.3 is 15.0 Å². The fraction of sp³-hybridized carbons (Fsp3) is 0.643. The number of morpholine rings is 1. The molecule has 1 aromatic rings. The standard InChI is InChI=1S/C14H21N3O/c1-2-15-7-11-5-6-16-8-14(11)17-9-12-3-4-13(10-17)18-12/h5-6,8,12-13,15H,2-4,7,9-10H2,1H3. The molecule has 2 aliphatic heterocycles. The molecule has 2 aliphatic rings. The van der Waals surface area contributed by atoms with Crippen LogP contribution >= 0.6 is 0 Å². The van der Waals surface area contributed by atoms with E-state index in [9.17, 15) is 0 Å². The van der Waals surface area contributed by atoms with E-state index in [1.807, 2.05) is 12.4 Å². The number of nitrogens with zero attached hydrogens (tertiary/aromatic N) is 2.